The Hall–Kier alpha value is -2.42. The number of likely N-dealkylation sites (N-methyl/N-ethyl adjacent to an activating group) is 2. The highest BCUT2D eigenvalue weighted by Gasteiger charge is 2.12. The summed E-state index contributed by atoms with van der Waals surface area (Å²) in [5.74, 6) is 0.881. The Kier molecular flexibility index (Phi) is 24.6. The van der Waals surface area contributed by atoms with Crippen molar-refractivity contribution < 1.29 is 74.7 Å². The molecule has 0 heterocycles. The fraction of sp³-hybridized carbons (Fsp3) is 0.500. The van der Waals surface area contributed by atoms with Crippen LogP contribution in [0.1, 0.15) is 0 Å². The van der Waals surface area contributed by atoms with Crippen molar-refractivity contribution in [2.24, 2.45) is 0 Å². The molecule has 0 saturated carbocycles. The van der Waals surface area contributed by atoms with Gasteiger partial charge in [-0.05, 0) is 12.1 Å². The van der Waals surface area contributed by atoms with Crippen molar-refractivity contribution >= 4 is 22.6 Å². The maximum absolute atomic E-state index is 12.1. The van der Waals surface area contributed by atoms with Crippen molar-refractivity contribution in [2.45, 2.75) is 0 Å². The minimum absolute atomic E-state index is 0. The average Bonchev–Trinajstić information content (AvgIpc) is 2.68. The molecule has 2 aromatic carbocycles. The van der Waals surface area contributed by atoms with Crippen molar-refractivity contribution in [3.8, 4) is 11.5 Å². The summed E-state index contributed by atoms with van der Waals surface area (Å²) in [6.45, 7) is 2.74. The fourth-order valence-corrected chi connectivity index (χ4v) is 2.95. The Morgan fingerprint density at radius 1 is 0.632 bits per heavy atom. The van der Waals surface area contributed by atoms with Gasteiger partial charge in [-0.2, -0.15) is 0 Å². The smallest absolute Gasteiger partial charge is 0.258 e. The van der Waals surface area contributed by atoms with Gasteiger partial charge >= 0.3 is 0 Å². The lowest BCUT2D eigenvalue weighted by Crippen LogP contribution is -3.00. The number of hydrogen-bond donors (Lipinski definition) is 2. The van der Waals surface area contributed by atoms with E-state index in [0.717, 1.165) is 32.8 Å². The van der Waals surface area contributed by atoms with Crippen molar-refractivity contribution in [3.05, 3.63) is 36.4 Å². The normalized spacial score (nSPS) is 9.95. The third-order valence-electron chi connectivity index (χ3n) is 4.77. The van der Waals surface area contributed by atoms with E-state index >= 15 is 0 Å². The molecular weight excluding hydrogens is 543 g/mol. The van der Waals surface area contributed by atoms with Crippen LogP contribution in [0.5, 0.6) is 11.5 Å². The Bertz CT molecular complexity index is 863. The highest BCUT2D eigenvalue weighted by molar-refractivity contribution is 5.93. The van der Waals surface area contributed by atoms with Crippen molar-refractivity contribution in [2.75, 3.05) is 81.7 Å². The van der Waals surface area contributed by atoms with Crippen LogP contribution in [0.2, 0.25) is 0 Å². The molecule has 0 bridgehead atoms. The van der Waals surface area contributed by atoms with Gasteiger partial charge in [0.1, 0.15) is 11.5 Å². The van der Waals surface area contributed by atoms with Gasteiger partial charge in [-0.3, -0.25) is 9.59 Å². The lowest BCUT2D eigenvalue weighted by molar-refractivity contribution is -0.869. The van der Waals surface area contributed by atoms with E-state index in [9.17, 15) is 9.59 Å². The van der Waals surface area contributed by atoms with E-state index in [0.29, 0.717) is 24.6 Å². The van der Waals surface area contributed by atoms with Crippen LogP contribution in [0.25, 0.3) is 10.8 Å². The molecule has 0 aliphatic heterocycles. The molecule has 0 spiro atoms. The summed E-state index contributed by atoms with van der Waals surface area (Å²) in [6, 6.07) is 11.2. The highest BCUT2D eigenvalue weighted by atomic mass is 35.5. The first-order chi connectivity index (χ1) is 14.9. The fourth-order valence-electron chi connectivity index (χ4n) is 2.95. The van der Waals surface area contributed by atoms with E-state index in [1.807, 2.05) is 36.4 Å². The maximum atomic E-state index is 12.1. The number of quaternary nitrogens is 2. The van der Waals surface area contributed by atoms with Gasteiger partial charge in [0, 0.05) is 10.8 Å². The van der Waals surface area contributed by atoms with Crippen LogP contribution in [0.15, 0.2) is 36.4 Å². The first-order valence-corrected chi connectivity index (χ1v) is 10.9. The van der Waals surface area contributed by atoms with Gasteiger partial charge in [-0.25, -0.2) is 0 Å². The second-order valence-electron chi connectivity index (χ2n) is 9.91. The predicted octanol–water partition coefficient (Wildman–Crippen LogP) is -8.05. The summed E-state index contributed by atoms with van der Waals surface area (Å²) >= 11 is 0. The number of carbonyl (C=O) groups excluding carboxylic acids is 2. The number of benzene rings is 2. The molecule has 0 aromatic heterocycles. The van der Waals surface area contributed by atoms with Crippen LogP contribution < -0.4 is 44.9 Å². The van der Waals surface area contributed by atoms with E-state index in [1.165, 1.54) is 0 Å². The van der Waals surface area contributed by atoms with Gasteiger partial charge in [0.2, 0.25) is 0 Å². The van der Waals surface area contributed by atoms with E-state index in [1.54, 1.807) is 0 Å². The Morgan fingerprint density at radius 3 is 1.24 bits per heavy atom. The minimum atomic E-state index is -0.159. The van der Waals surface area contributed by atoms with Gasteiger partial charge in [0.25, 0.3) is 11.8 Å². The quantitative estimate of drug-likeness (QED) is 0.232. The predicted molar refractivity (Wildman–Crippen MR) is 141 cm³/mol. The van der Waals surface area contributed by atoms with Gasteiger partial charge in [0.05, 0.1) is 68.5 Å². The topological polar surface area (TPSA) is 203 Å². The zero-order valence-electron chi connectivity index (χ0n) is 23.0. The molecule has 0 aliphatic carbocycles. The highest BCUT2D eigenvalue weighted by Crippen LogP contribution is 2.32. The molecule has 0 aliphatic rings. The summed E-state index contributed by atoms with van der Waals surface area (Å²) in [5.41, 5.74) is 0. The summed E-state index contributed by atoms with van der Waals surface area (Å²) in [7, 11) is 12.5. The Labute approximate surface area is 237 Å². The number of amides is 2. The summed E-state index contributed by atoms with van der Waals surface area (Å²) in [5, 5.41) is 7.41. The molecule has 0 unspecified atom stereocenters. The standard InChI is InChI=1S/C24H36N4O4.2ClH.4H2O/c1-27(2,3)15-13-25-23(29)17-31-21-11-7-10-20-19(21)9-8-12-22(20)32-18-24(30)26-14-16-28(4,5)6;;;;;;/h7-12H,13-18H2,1-6H3;2*1H;4*1H2. The number of hydrogen-bond acceptors (Lipinski definition) is 4. The summed E-state index contributed by atoms with van der Waals surface area (Å²) < 4.78 is 13.1. The Morgan fingerprint density at radius 2 is 0.947 bits per heavy atom. The number of nitrogens with one attached hydrogen (secondary N) is 2. The van der Waals surface area contributed by atoms with Crippen molar-refractivity contribution in [1.29, 1.82) is 0 Å². The molecule has 38 heavy (non-hydrogen) atoms. The lowest BCUT2D eigenvalue weighted by Gasteiger charge is -2.23. The molecule has 2 rings (SSSR count). The van der Waals surface area contributed by atoms with E-state index in [4.69, 9.17) is 9.47 Å². The van der Waals surface area contributed by atoms with Crippen molar-refractivity contribution in [1.82, 2.24) is 10.6 Å². The summed E-state index contributed by atoms with van der Waals surface area (Å²) in [4.78, 5) is 24.2. The van der Waals surface area contributed by atoms with E-state index in [-0.39, 0.29) is 71.7 Å². The monoisotopic (exact) mass is 588 g/mol. The largest absolute Gasteiger partial charge is 1.00 e. The molecule has 12 nitrogen and oxygen atoms in total. The number of halogens is 2. The molecule has 2 amide bonds. The SMILES string of the molecule is C[N+](C)(C)CCNC(=O)COc1cccc2c(OCC(=O)NCC[N+](C)(C)C)cccc12.O.O.O.O.[Cl-].[Cl-]. The van der Waals surface area contributed by atoms with Crippen LogP contribution in [0.3, 0.4) is 0 Å². The third-order valence-corrected chi connectivity index (χ3v) is 4.77. The first kappa shape index (κ1) is 45.5. The zero-order chi connectivity index (χ0) is 23.8. The molecule has 10 N–H and O–H groups in total. The number of nitrogens with zero attached hydrogens (tertiary/aromatic N) is 2. The number of rotatable bonds is 12. The van der Waals surface area contributed by atoms with Crippen LogP contribution in [-0.2, 0) is 9.59 Å². The van der Waals surface area contributed by atoms with Gasteiger partial charge in [0.15, 0.2) is 13.2 Å². The van der Waals surface area contributed by atoms with Crippen LogP contribution >= 0.6 is 0 Å². The van der Waals surface area contributed by atoms with Crippen molar-refractivity contribution in [3.63, 3.8) is 0 Å². The van der Waals surface area contributed by atoms with Crippen LogP contribution in [0, 0.1) is 0 Å². The van der Waals surface area contributed by atoms with Gasteiger partial charge in [-0.1, -0.05) is 24.3 Å². The molecule has 0 radical (unpaired) electrons. The van der Waals surface area contributed by atoms with E-state index < -0.39 is 0 Å². The lowest BCUT2D eigenvalue weighted by atomic mass is 10.1. The minimum Gasteiger partial charge on any atom is -1.00 e. The molecule has 0 atom stereocenters. The molecule has 14 heteroatoms. The number of fused-ring (bicyclic) bond motifs is 1. The number of ether oxygens (including phenoxy) is 2. The van der Waals surface area contributed by atoms with Gasteiger partial charge < -0.3 is 75.8 Å². The third kappa shape index (κ3) is 17.2. The molecule has 2 aromatic rings. The second-order valence-corrected chi connectivity index (χ2v) is 9.91. The van der Waals surface area contributed by atoms with Gasteiger partial charge in [-0.15, -0.1) is 0 Å². The average molecular weight is 590 g/mol. The maximum Gasteiger partial charge on any atom is 0.258 e. The van der Waals surface area contributed by atoms with Crippen LogP contribution in [0.4, 0.5) is 0 Å². The number of carbonyl (C=O) groups is 2. The van der Waals surface area contributed by atoms with E-state index in [2.05, 4.69) is 52.9 Å². The zero-order valence-corrected chi connectivity index (χ0v) is 24.5. The second kappa shape index (κ2) is 20.5. The first-order valence-electron chi connectivity index (χ1n) is 10.9. The van der Waals surface area contributed by atoms with Crippen LogP contribution in [-0.4, -0.2) is 124 Å². The Balaban J connectivity index is -0.000000605. The molecule has 224 valence electrons. The summed E-state index contributed by atoms with van der Waals surface area (Å²) in [6.07, 6.45) is 0. The molecule has 0 fully saturated rings. The molecule has 0 saturated heterocycles. The molecular formula is C24H46Cl2N4O8.